The number of carbonyl (C=O) groups excluding carboxylic acids is 1. The molecular weight excluding hydrogens is 216 g/mol. The van der Waals surface area contributed by atoms with Crippen LogP contribution >= 0.6 is 0 Å². The second kappa shape index (κ2) is 4.51. The minimum Gasteiger partial charge on any atom is -0.361 e. The monoisotopic (exact) mass is 234 g/mol. The van der Waals surface area contributed by atoms with Crippen LogP contribution in [-0.2, 0) is 17.8 Å². The molecule has 1 aromatic heterocycles. The minimum atomic E-state index is 0.309. The highest BCUT2D eigenvalue weighted by molar-refractivity contribution is 5.76. The van der Waals surface area contributed by atoms with Crippen molar-refractivity contribution in [2.24, 2.45) is 5.92 Å². The number of hydrogen-bond acceptors (Lipinski definition) is 3. The SMILES string of the molecule is O=C(CC1CCCC1)N1CCc2oncc2C1. The smallest absolute Gasteiger partial charge is 0.223 e. The van der Waals surface area contributed by atoms with Gasteiger partial charge < -0.3 is 9.42 Å². The Labute approximate surface area is 101 Å². The van der Waals surface area contributed by atoms with E-state index in [1.807, 2.05) is 4.90 Å². The lowest BCUT2D eigenvalue weighted by atomic mass is 10.0. The number of fused-ring (bicyclic) bond motifs is 1. The zero-order valence-electron chi connectivity index (χ0n) is 10.0. The molecule has 1 fully saturated rings. The highest BCUT2D eigenvalue weighted by atomic mass is 16.5. The first-order valence-electron chi connectivity index (χ1n) is 6.53. The molecule has 92 valence electrons. The standard InChI is InChI=1S/C13H18N2O2/c16-13(7-10-3-1-2-4-10)15-6-5-12-11(9-15)8-14-17-12/h8,10H,1-7,9H2. The summed E-state index contributed by atoms with van der Waals surface area (Å²) in [6.45, 7) is 1.47. The average molecular weight is 234 g/mol. The molecule has 0 saturated heterocycles. The van der Waals surface area contributed by atoms with Crippen LogP contribution in [0.3, 0.4) is 0 Å². The number of hydrogen-bond donors (Lipinski definition) is 0. The van der Waals surface area contributed by atoms with E-state index in [1.165, 1.54) is 25.7 Å². The van der Waals surface area contributed by atoms with Crippen molar-refractivity contribution < 1.29 is 9.32 Å². The van der Waals surface area contributed by atoms with Gasteiger partial charge in [-0.25, -0.2) is 0 Å². The largest absolute Gasteiger partial charge is 0.361 e. The van der Waals surface area contributed by atoms with Gasteiger partial charge in [-0.3, -0.25) is 4.79 Å². The van der Waals surface area contributed by atoms with Crippen molar-refractivity contribution in [3.05, 3.63) is 17.5 Å². The Kier molecular flexibility index (Phi) is 2.87. The molecule has 2 aliphatic rings. The molecule has 17 heavy (non-hydrogen) atoms. The first-order valence-corrected chi connectivity index (χ1v) is 6.53. The number of carbonyl (C=O) groups is 1. The van der Waals surface area contributed by atoms with Crippen LogP contribution in [0.15, 0.2) is 10.7 Å². The average Bonchev–Trinajstić information content (AvgIpc) is 2.97. The molecule has 1 amide bonds. The van der Waals surface area contributed by atoms with Gasteiger partial charge in [-0.1, -0.05) is 18.0 Å². The van der Waals surface area contributed by atoms with E-state index in [1.54, 1.807) is 6.20 Å². The van der Waals surface area contributed by atoms with Crippen molar-refractivity contribution >= 4 is 5.91 Å². The van der Waals surface area contributed by atoms with Gasteiger partial charge in [-0.2, -0.15) is 0 Å². The van der Waals surface area contributed by atoms with E-state index in [2.05, 4.69) is 5.16 Å². The second-order valence-corrected chi connectivity index (χ2v) is 5.19. The summed E-state index contributed by atoms with van der Waals surface area (Å²) in [6.07, 6.45) is 8.36. The van der Waals surface area contributed by atoms with Crippen LogP contribution in [-0.4, -0.2) is 22.5 Å². The third-order valence-corrected chi connectivity index (χ3v) is 3.99. The van der Waals surface area contributed by atoms with Gasteiger partial charge in [-0.05, 0) is 18.8 Å². The third-order valence-electron chi connectivity index (χ3n) is 3.99. The maximum atomic E-state index is 12.2. The number of rotatable bonds is 2. The van der Waals surface area contributed by atoms with Crippen LogP contribution in [0.25, 0.3) is 0 Å². The fraction of sp³-hybridized carbons (Fsp3) is 0.692. The summed E-state index contributed by atoms with van der Waals surface area (Å²) >= 11 is 0. The summed E-state index contributed by atoms with van der Waals surface area (Å²) in [5.74, 6) is 1.89. The molecule has 0 radical (unpaired) electrons. The quantitative estimate of drug-likeness (QED) is 0.787. The molecule has 0 atom stereocenters. The van der Waals surface area contributed by atoms with Crippen LogP contribution in [0.1, 0.15) is 43.4 Å². The Hall–Kier alpha value is -1.32. The molecule has 0 spiro atoms. The number of aromatic nitrogens is 1. The van der Waals surface area contributed by atoms with Crippen molar-refractivity contribution in [3.8, 4) is 0 Å². The molecule has 0 bridgehead atoms. The van der Waals surface area contributed by atoms with Crippen molar-refractivity contribution in [1.82, 2.24) is 10.1 Å². The molecule has 0 unspecified atom stereocenters. The van der Waals surface area contributed by atoms with Gasteiger partial charge in [0.2, 0.25) is 5.91 Å². The van der Waals surface area contributed by atoms with E-state index in [0.717, 1.165) is 30.7 Å². The molecule has 3 rings (SSSR count). The van der Waals surface area contributed by atoms with Crippen LogP contribution in [0.2, 0.25) is 0 Å². The van der Waals surface area contributed by atoms with E-state index < -0.39 is 0 Å². The topological polar surface area (TPSA) is 46.3 Å². The molecule has 0 aromatic carbocycles. The summed E-state index contributed by atoms with van der Waals surface area (Å²) in [5, 5.41) is 3.79. The van der Waals surface area contributed by atoms with Gasteiger partial charge in [-0.15, -0.1) is 0 Å². The Morgan fingerprint density at radius 2 is 2.29 bits per heavy atom. The van der Waals surface area contributed by atoms with Gasteiger partial charge in [0.15, 0.2) is 0 Å². The Bertz CT molecular complexity index is 407. The molecule has 1 aromatic rings. The van der Waals surface area contributed by atoms with E-state index >= 15 is 0 Å². The summed E-state index contributed by atoms with van der Waals surface area (Å²) in [7, 11) is 0. The van der Waals surface area contributed by atoms with Gasteiger partial charge in [0.1, 0.15) is 5.76 Å². The fourth-order valence-electron chi connectivity index (χ4n) is 2.94. The summed E-state index contributed by atoms with van der Waals surface area (Å²) in [4.78, 5) is 14.1. The van der Waals surface area contributed by atoms with Crippen LogP contribution in [0.5, 0.6) is 0 Å². The molecule has 4 heteroatoms. The van der Waals surface area contributed by atoms with Gasteiger partial charge in [0, 0.05) is 24.9 Å². The van der Waals surface area contributed by atoms with Crippen LogP contribution in [0, 0.1) is 5.92 Å². The molecule has 1 aliphatic carbocycles. The second-order valence-electron chi connectivity index (χ2n) is 5.19. The summed E-state index contributed by atoms with van der Waals surface area (Å²) in [6, 6.07) is 0. The molecular formula is C13H18N2O2. The van der Waals surface area contributed by atoms with Crippen LogP contribution < -0.4 is 0 Å². The number of nitrogens with zero attached hydrogens (tertiary/aromatic N) is 2. The van der Waals surface area contributed by atoms with Gasteiger partial charge in [0.25, 0.3) is 0 Å². The van der Waals surface area contributed by atoms with E-state index in [0.29, 0.717) is 18.4 Å². The lowest BCUT2D eigenvalue weighted by Gasteiger charge is -2.26. The predicted molar refractivity (Wildman–Crippen MR) is 62.2 cm³/mol. The van der Waals surface area contributed by atoms with E-state index in [4.69, 9.17) is 4.52 Å². The Morgan fingerprint density at radius 3 is 3.12 bits per heavy atom. The fourth-order valence-corrected chi connectivity index (χ4v) is 2.94. The molecule has 4 nitrogen and oxygen atoms in total. The van der Waals surface area contributed by atoms with E-state index in [-0.39, 0.29) is 0 Å². The highest BCUT2D eigenvalue weighted by Gasteiger charge is 2.26. The minimum absolute atomic E-state index is 0.309. The van der Waals surface area contributed by atoms with Crippen molar-refractivity contribution in [2.45, 2.75) is 45.1 Å². The highest BCUT2D eigenvalue weighted by Crippen LogP contribution is 2.29. The molecule has 1 saturated carbocycles. The molecule has 1 aliphatic heterocycles. The summed E-state index contributed by atoms with van der Waals surface area (Å²) in [5.41, 5.74) is 1.08. The lowest BCUT2D eigenvalue weighted by Crippen LogP contribution is -2.36. The van der Waals surface area contributed by atoms with Crippen molar-refractivity contribution in [3.63, 3.8) is 0 Å². The molecule has 2 heterocycles. The van der Waals surface area contributed by atoms with E-state index in [9.17, 15) is 4.79 Å². The first kappa shape index (κ1) is 10.8. The van der Waals surface area contributed by atoms with Crippen molar-refractivity contribution in [2.75, 3.05) is 6.54 Å². The maximum absolute atomic E-state index is 12.2. The Balaban J connectivity index is 1.60. The van der Waals surface area contributed by atoms with Crippen LogP contribution in [0.4, 0.5) is 0 Å². The first-order chi connectivity index (χ1) is 8.33. The zero-order valence-corrected chi connectivity index (χ0v) is 10.0. The van der Waals surface area contributed by atoms with Gasteiger partial charge >= 0.3 is 0 Å². The Morgan fingerprint density at radius 1 is 1.47 bits per heavy atom. The summed E-state index contributed by atoms with van der Waals surface area (Å²) < 4.78 is 5.13. The number of amides is 1. The zero-order chi connectivity index (χ0) is 11.7. The predicted octanol–water partition coefficient (Wildman–Crippen LogP) is 2.14. The van der Waals surface area contributed by atoms with Crippen molar-refractivity contribution in [1.29, 1.82) is 0 Å². The third kappa shape index (κ3) is 2.21. The maximum Gasteiger partial charge on any atom is 0.223 e. The van der Waals surface area contributed by atoms with Gasteiger partial charge in [0.05, 0.1) is 12.7 Å². The normalized spacial score (nSPS) is 20.6. The molecule has 0 N–H and O–H groups in total. The lowest BCUT2D eigenvalue weighted by molar-refractivity contribution is -0.133.